The number of hydrogen-bond acceptors (Lipinski definition) is 6. The van der Waals surface area contributed by atoms with Gasteiger partial charge in [0.25, 0.3) is 0 Å². The Morgan fingerprint density at radius 2 is 2.10 bits per heavy atom. The first-order valence-corrected chi connectivity index (χ1v) is 8.51. The summed E-state index contributed by atoms with van der Waals surface area (Å²) in [4.78, 5) is 23.0. The zero-order valence-electron chi connectivity index (χ0n) is 12.4. The third-order valence-electron chi connectivity index (χ3n) is 4.18. The molecule has 2 aliphatic heterocycles. The highest BCUT2D eigenvalue weighted by Gasteiger charge is 2.33. The molecule has 8 heteroatoms. The van der Waals surface area contributed by atoms with E-state index >= 15 is 0 Å². The second-order valence-electron chi connectivity index (χ2n) is 5.60. The van der Waals surface area contributed by atoms with E-state index in [0.29, 0.717) is 5.91 Å². The lowest BCUT2D eigenvalue weighted by molar-refractivity contribution is -0.136. The molecule has 2 aliphatic rings. The first kappa shape index (κ1) is 14.8. The molecule has 116 valence electrons. The number of piperazine rings is 1. The lowest BCUT2D eigenvalue weighted by Gasteiger charge is -2.36. The molecule has 0 N–H and O–H groups in total. The van der Waals surface area contributed by atoms with Gasteiger partial charge in [0.1, 0.15) is 12.7 Å². The topological polar surface area (TPSA) is 57.5 Å². The molecule has 1 aromatic heterocycles. The molecule has 2 fully saturated rings. The van der Waals surface area contributed by atoms with Crippen molar-refractivity contribution in [2.24, 2.45) is 0 Å². The molecule has 1 atom stereocenters. The molecule has 1 amide bonds. The maximum absolute atomic E-state index is 12.5. The van der Waals surface area contributed by atoms with E-state index in [1.165, 1.54) is 0 Å². The van der Waals surface area contributed by atoms with Gasteiger partial charge in [-0.25, -0.2) is 4.98 Å². The van der Waals surface area contributed by atoms with E-state index in [1.807, 2.05) is 28.4 Å². The van der Waals surface area contributed by atoms with Gasteiger partial charge >= 0.3 is 0 Å². The van der Waals surface area contributed by atoms with Crippen molar-refractivity contribution in [2.75, 3.05) is 51.4 Å². The standard InChI is InChI=1S/C13H22N6OS/c1-16-11-21-8-12(16)13(20)18-5-2-17(3-6-18)4-7-19-10-14-9-15-19/h9-10,12H,2-8,11H2,1H3/t12-/m0/s1. The van der Waals surface area contributed by atoms with Crippen LogP contribution in [-0.2, 0) is 11.3 Å². The third kappa shape index (κ3) is 3.56. The van der Waals surface area contributed by atoms with E-state index in [-0.39, 0.29) is 6.04 Å². The van der Waals surface area contributed by atoms with Crippen LogP contribution in [-0.4, -0.2) is 92.8 Å². The fourth-order valence-corrected chi connectivity index (χ4v) is 3.97. The van der Waals surface area contributed by atoms with Gasteiger partial charge in [-0.1, -0.05) is 0 Å². The van der Waals surface area contributed by atoms with E-state index in [1.54, 1.807) is 12.7 Å². The average molecular weight is 310 g/mol. The molecule has 0 radical (unpaired) electrons. The summed E-state index contributed by atoms with van der Waals surface area (Å²) >= 11 is 1.84. The zero-order chi connectivity index (χ0) is 14.7. The van der Waals surface area contributed by atoms with Crippen molar-refractivity contribution >= 4 is 17.7 Å². The Balaban J connectivity index is 1.43. The summed E-state index contributed by atoms with van der Waals surface area (Å²) < 4.78 is 1.85. The summed E-state index contributed by atoms with van der Waals surface area (Å²) in [7, 11) is 2.04. The Hall–Kier alpha value is -1.12. The molecule has 0 spiro atoms. The van der Waals surface area contributed by atoms with Crippen molar-refractivity contribution in [3.8, 4) is 0 Å². The minimum absolute atomic E-state index is 0.0803. The summed E-state index contributed by atoms with van der Waals surface area (Å²) in [6.07, 6.45) is 3.31. The van der Waals surface area contributed by atoms with Gasteiger partial charge in [-0.3, -0.25) is 19.3 Å². The quantitative estimate of drug-likeness (QED) is 0.742. The van der Waals surface area contributed by atoms with Gasteiger partial charge in [0, 0.05) is 44.4 Å². The fraction of sp³-hybridized carbons (Fsp3) is 0.769. The summed E-state index contributed by atoms with van der Waals surface area (Å²) in [5, 5.41) is 4.11. The van der Waals surface area contributed by atoms with Crippen molar-refractivity contribution in [1.82, 2.24) is 29.5 Å². The monoisotopic (exact) mass is 310 g/mol. The smallest absolute Gasteiger partial charge is 0.240 e. The fourth-order valence-electron chi connectivity index (χ4n) is 2.78. The van der Waals surface area contributed by atoms with Crippen molar-refractivity contribution < 1.29 is 4.79 Å². The number of nitrogens with zero attached hydrogens (tertiary/aromatic N) is 6. The highest BCUT2D eigenvalue weighted by molar-refractivity contribution is 7.99. The maximum Gasteiger partial charge on any atom is 0.240 e. The average Bonchev–Trinajstić information content (AvgIpc) is 3.16. The zero-order valence-corrected chi connectivity index (χ0v) is 13.2. The molecule has 0 bridgehead atoms. The van der Waals surface area contributed by atoms with E-state index in [4.69, 9.17) is 0 Å². The van der Waals surface area contributed by atoms with Gasteiger partial charge < -0.3 is 4.90 Å². The molecule has 3 rings (SSSR count). The van der Waals surface area contributed by atoms with Gasteiger partial charge in [-0.15, -0.1) is 11.8 Å². The van der Waals surface area contributed by atoms with Crippen LogP contribution in [0.15, 0.2) is 12.7 Å². The number of amides is 1. The van der Waals surface area contributed by atoms with Crippen LogP contribution in [0.3, 0.4) is 0 Å². The highest BCUT2D eigenvalue weighted by atomic mass is 32.2. The summed E-state index contributed by atoms with van der Waals surface area (Å²) in [5.74, 6) is 2.20. The van der Waals surface area contributed by atoms with Crippen LogP contribution in [0.2, 0.25) is 0 Å². The highest BCUT2D eigenvalue weighted by Crippen LogP contribution is 2.20. The van der Waals surface area contributed by atoms with Gasteiger partial charge in [-0.05, 0) is 7.05 Å². The number of aromatic nitrogens is 3. The van der Waals surface area contributed by atoms with Gasteiger partial charge in [0.05, 0.1) is 12.6 Å². The Bertz CT molecular complexity index is 459. The van der Waals surface area contributed by atoms with Crippen LogP contribution in [0.25, 0.3) is 0 Å². The molecule has 7 nitrogen and oxygen atoms in total. The molecule has 1 aromatic rings. The molecule has 0 aromatic carbocycles. The number of likely N-dealkylation sites (N-methyl/N-ethyl adjacent to an activating group) is 1. The first-order chi connectivity index (χ1) is 10.2. The third-order valence-corrected chi connectivity index (χ3v) is 5.32. The number of carbonyl (C=O) groups excluding carboxylic acids is 1. The van der Waals surface area contributed by atoms with E-state index in [0.717, 1.165) is 50.9 Å². The summed E-state index contributed by atoms with van der Waals surface area (Å²) in [6, 6.07) is 0.0803. The molecule has 2 saturated heterocycles. The number of hydrogen-bond donors (Lipinski definition) is 0. The van der Waals surface area contributed by atoms with Crippen LogP contribution >= 0.6 is 11.8 Å². The summed E-state index contributed by atoms with van der Waals surface area (Å²) in [6.45, 7) is 5.39. The number of rotatable bonds is 4. The van der Waals surface area contributed by atoms with Crippen molar-refractivity contribution in [1.29, 1.82) is 0 Å². The van der Waals surface area contributed by atoms with E-state index in [2.05, 4.69) is 19.9 Å². The molecular weight excluding hydrogens is 288 g/mol. The van der Waals surface area contributed by atoms with Gasteiger partial charge in [0.15, 0.2) is 0 Å². The summed E-state index contributed by atoms with van der Waals surface area (Å²) in [5.41, 5.74) is 0. The van der Waals surface area contributed by atoms with Crippen LogP contribution in [0, 0.1) is 0 Å². The molecule has 0 saturated carbocycles. The second-order valence-corrected chi connectivity index (χ2v) is 6.60. The van der Waals surface area contributed by atoms with Crippen LogP contribution in [0.4, 0.5) is 0 Å². The number of carbonyl (C=O) groups is 1. The Morgan fingerprint density at radius 3 is 2.71 bits per heavy atom. The lowest BCUT2D eigenvalue weighted by Crippen LogP contribution is -2.54. The Morgan fingerprint density at radius 1 is 1.29 bits per heavy atom. The molecular formula is C13H22N6OS. The minimum atomic E-state index is 0.0803. The molecule has 3 heterocycles. The minimum Gasteiger partial charge on any atom is -0.339 e. The SMILES string of the molecule is CN1CSC[C@H]1C(=O)N1CCN(CCn2cncn2)CC1. The first-order valence-electron chi connectivity index (χ1n) is 7.35. The van der Waals surface area contributed by atoms with Crippen molar-refractivity contribution in [2.45, 2.75) is 12.6 Å². The molecule has 0 aliphatic carbocycles. The second kappa shape index (κ2) is 6.76. The van der Waals surface area contributed by atoms with Crippen LogP contribution in [0.1, 0.15) is 0 Å². The normalized spacial score (nSPS) is 24.6. The predicted molar refractivity (Wildman–Crippen MR) is 81.9 cm³/mol. The predicted octanol–water partition coefficient (Wildman–Crippen LogP) is -0.573. The van der Waals surface area contributed by atoms with Crippen molar-refractivity contribution in [3.05, 3.63) is 12.7 Å². The Labute approximate surface area is 129 Å². The molecule has 21 heavy (non-hydrogen) atoms. The van der Waals surface area contributed by atoms with Gasteiger partial charge in [-0.2, -0.15) is 5.10 Å². The van der Waals surface area contributed by atoms with Crippen molar-refractivity contribution in [3.63, 3.8) is 0 Å². The van der Waals surface area contributed by atoms with Gasteiger partial charge in [0.2, 0.25) is 5.91 Å². The van der Waals surface area contributed by atoms with Crippen LogP contribution in [0.5, 0.6) is 0 Å². The lowest BCUT2D eigenvalue weighted by atomic mass is 10.2. The largest absolute Gasteiger partial charge is 0.339 e. The molecule has 0 unspecified atom stereocenters. The number of thioether (sulfide) groups is 1. The van der Waals surface area contributed by atoms with Crippen LogP contribution < -0.4 is 0 Å². The maximum atomic E-state index is 12.5. The Kier molecular flexibility index (Phi) is 4.77. The van der Waals surface area contributed by atoms with E-state index in [9.17, 15) is 4.79 Å². The van der Waals surface area contributed by atoms with E-state index < -0.39 is 0 Å².